The smallest absolute Gasteiger partial charge is 0.267 e. The van der Waals surface area contributed by atoms with E-state index < -0.39 is 15.4 Å². The molecular formula is C6H12O4S. The molecule has 0 bridgehead atoms. The molecule has 2 atom stereocenters. The lowest BCUT2D eigenvalue weighted by atomic mass is 10.1. The third-order valence-corrected chi connectivity index (χ3v) is 3.13. The van der Waals surface area contributed by atoms with Crippen molar-refractivity contribution in [2.24, 2.45) is 0 Å². The third kappa shape index (κ3) is 2.43. The Hall–Kier alpha value is -0.130. The van der Waals surface area contributed by atoms with Crippen LogP contribution in [0.5, 0.6) is 0 Å². The number of ether oxygens (including phenoxy) is 1. The van der Waals surface area contributed by atoms with Crippen LogP contribution in [0.1, 0.15) is 19.8 Å². The second-order valence-corrected chi connectivity index (χ2v) is 4.54. The van der Waals surface area contributed by atoms with Gasteiger partial charge in [0.05, 0.1) is 11.4 Å². The summed E-state index contributed by atoms with van der Waals surface area (Å²) < 4.78 is 35.1. The summed E-state index contributed by atoms with van der Waals surface area (Å²) in [5.41, 5.74) is 0. The molecule has 1 aliphatic rings. The third-order valence-electron chi connectivity index (χ3n) is 1.86. The monoisotopic (exact) mass is 180 g/mol. The second-order valence-electron chi connectivity index (χ2n) is 2.84. The predicted octanol–water partition coefficient (Wildman–Crippen LogP) is 0.442. The molecule has 1 heterocycles. The lowest BCUT2D eigenvalue weighted by Crippen LogP contribution is -2.32. The van der Waals surface area contributed by atoms with Crippen LogP contribution in [-0.2, 0) is 14.9 Å². The minimum atomic E-state index is -3.84. The van der Waals surface area contributed by atoms with Crippen molar-refractivity contribution < 1.29 is 17.7 Å². The quantitative estimate of drug-likeness (QED) is 0.595. The van der Waals surface area contributed by atoms with Gasteiger partial charge in [-0.3, -0.25) is 4.55 Å². The Balaban J connectivity index is 2.60. The van der Waals surface area contributed by atoms with Gasteiger partial charge in [-0.05, 0) is 19.8 Å². The fourth-order valence-corrected chi connectivity index (χ4v) is 2.14. The van der Waals surface area contributed by atoms with E-state index in [0.717, 1.165) is 0 Å². The van der Waals surface area contributed by atoms with Crippen LogP contribution in [0, 0.1) is 0 Å². The zero-order valence-electron chi connectivity index (χ0n) is 6.36. The largest absolute Gasteiger partial charge is 0.378 e. The fourth-order valence-electron chi connectivity index (χ4n) is 1.23. The van der Waals surface area contributed by atoms with Gasteiger partial charge in [-0.2, -0.15) is 8.42 Å². The van der Waals surface area contributed by atoms with E-state index in [1.165, 1.54) is 0 Å². The molecule has 0 aromatic heterocycles. The van der Waals surface area contributed by atoms with Gasteiger partial charge in [0.15, 0.2) is 0 Å². The highest BCUT2D eigenvalue weighted by atomic mass is 32.2. The Morgan fingerprint density at radius 3 is 2.55 bits per heavy atom. The molecule has 5 heteroatoms. The molecule has 1 fully saturated rings. The Morgan fingerprint density at radius 1 is 1.55 bits per heavy atom. The van der Waals surface area contributed by atoms with Crippen molar-refractivity contribution in [2.45, 2.75) is 31.1 Å². The summed E-state index contributed by atoms with van der Waals surface area (Å²) in [5.74, 6) is 0. The summed E-state index contributed by atoms with van der Waals surface area (Å²) in [6.07, 6.45) is 0.748. The van der Waals surface area contributed by atoms with Crippen molar-refractivity contribution in [3.05, 3.63) is 0 Å². The van der Waals surface area contributed by atoms with Crippen LogP contribution in [0.2, 0.25) is 0 Å². The summed E-state index contributed by atoms with van der Waals surface area (Å²) in [4.78, 5) is 0. The standard InChI is InChI=1S/C6H12O4S/c1-5-4-6(2-3-10-5)11(7,8)9/h5-6H,2-4H2,1H3,(H,7,8,9). The van der Waals surface area contributed by atoms with Crippen molar-refractivity contribution in [2.75, 3.05) is 6.61 Å². The van der Waals surface area contributed by atoms with E-state index in [9.17, 15) is 8.42 Å². The first-order chi connectivity index (χ1) is 5.00. The molecule has 66 valence electrons. The molecule has 0 saturated carbocycles. The highest BCUT2D eigenvalue weighted by Crippen LogP contribution is 2.18. The molecule has 0 amide bonds. The van der Waals surface area contributed by atoms with Crippen LogP contribution in [0.3, 0.4) is 0 Å². The van der Waals surface area contributed by atoms with Gasteiger partial charge in [0.25, 0.3) is 10.1 Å². The average molecular weight is 180 g/mol. The fraction of sp³-hybridized carbons (Fsp3) is 1.00. The normalized spacial score (nSPS) is 33.6. The van der Waals surface area contributed by atoms with Crippen LogP contribution < -0.4 is 0 Å². The molecule has 1 aliphatic heterocycles. The molecule has 2 unspecified atom stereocenters. The molecule has 0 radical (unpaired) electrons. The molecule has 0 spiro atoms. The average Bonchev–Trinajstić information content (AvgIpc) is 1.86. The van der Waals surface area contributed by atoms with Crippen LogP contribution in [0.4, 0.5) is 0 Å². The SMILES string of the molecule is CC1CC(S(=O)(=O)O)CCO1. The topological polar surface area (TPSA) is 63.6 Å². The van der Waals surface area contributed by atoms with Crippen LogP contribution in [0.25, 0.3) is 0 Å². The van der Waals surface area contributed by atoms with Crippen molar-refractivity contribution >= 4 is 10.1 Å². The van der Waals surface area contributed by atoms with Crippen LogP contribution in [0.15, 0.2) is 0 Å². The maximum Gasteiger partial charge on any atom is 0.267 e. The van der Waals surface area contributed by atoms with Crippen molar-refractivity contribution in [3.63, 3.8) is 0 Å². The van der Waals surface area contributed by atoms with Crippen LogP contribution in [-0.4, -0.2) is 30.9 Å². The van der Waals surface area contributed by atoms with Gasteiger partial charge in [-0.25, -0.2) is 0 Å². The first kappa shape index (κ1) is 8.96. The van der Waals surface area contributed by atoms with E-state index in [1.54, 1.807) is 6.92 Å². The number of hydrogen-bond donors (Lipinski definition) is 1. The van der Waals surface area contributed by atoms with E-state index >= 15 is 0 Å². The molecular weight excluding hydrogens is 168 g/mol. The van der Waals surface area contributed by atoms with Crippen LogP contribution >= 0.6 is 0 Å². The van der Waals surface area contributed by atoms with Gasteiger partial charge in [0, 0.05) is 6.61 Å². The minimum Gasteiger partial charge on any atom is -0.378 e. The molecule has 4 nitrogen and oxygen atoms in total. The summed E-state index contributed by atoms with van der Waals surface area (Å²) in [6, 6.07) is 0. The number of rotatable bonds is 1. The second kappa shape index (κ2) is 3.08. The zero-order chi connectivity index (χ0) is 8.48. The molecule has 1 saturated heterocycles. The lowest BCUT2D eigenvalue weighted by Gasteiger charge is -2.24. The van der Waals surface area contributed by atoms with Gasteiger partial charge in [-0.1, -0.05) is 0 Å². The molecule has 1 N–H and O–H groups in total. The molecule has 1 rings (SSSR count). The van der Waals surface area contributed by atoms with E-state index in [2.05, 4.69) is 0 Å². The summed E-state index contributed by atoms with van der Waals surface area (Å²) in [7, 11) is -3.84. The van der Waals surface area contributed by atoms with E-state index in [4.69, 9.17) is 9.29 Å². The van der Waals surface area contributed by atoms with Gasteiger partial charge in [0.1, 0.15) is 0 Å². The van der Waals surface area contributed by atoms with Crippen molar-refractivity contribution in [3.8, 4) is 0 Å². The highest BCUT2D eigenvalue weighted by molar-refractivity contribution is 7.86. The Kier molecular flexibility index (Phi) is 2.51. The Labute approximate surface area is 66.3 Å². The van der Waals surface area contributed by atoms with Gasteiger partial charge in [0.2, 0.25) is 0 Å². The highest BCUT2D eigenvalue weighted by Gasteiger charge is 2.28. The lowest BCUT2D eigenvalue weighted by molar-refractivity contribution is 0.0290. The number of hydrogen-bond acceptors (Lipinski definition) is 3. The summed E-state index contributed by atoms with van der Waals surface area (Å²) in [6.45, 7) is 2.23. The van der Waals surface area contributed by atoms with Crippen molar-refractivity contribution in [1.82, 2.24) is 0 Å². The molecule has 11 heavy (non-hydrogen) atoms. The Bertz CT molecular complexity index is 221. The van der Waals surface area contributed by atoms with Gasteiger partial charge >= 0.3 is 0 Å². The summed E-state index contributed by atoms with van der Waals surface area (Å²) in [5, 5.41) is -0.619. The maximum absolute atomic E-state index is 10.6. The van der Waals surface area contributed by atoms with Crippen molar-refractivity contribution in [1.29, 1.82) is 0 Å². The van der Waals surface area contributed by atoms with Gasteiger partial charge < -0.3 is 4.74 Å². The first-order valence-electron chi connectivity index (χ1n) is 3.58. The van der Waals surface area contributed by atoms with E-state index in [-0.39, 0.29) is 6.10 Å². The maximum atomic E-state index is 10.6. The Morgan fingerprint density at radius 2 is 2.18 bits per heavy atom. The van der Waals surface area contributed by atoms with Gasteiger partial charge in [-0.15, -0.1) is 0 Å². The van der Waals surface area contributed by atoms with E-state index in [1.807, 2.05) is 0 Å². The zero-order valence-corrected chi connectivity index (χ0v) is 7.17. The predicted molar refractivity (Wildman–Crippen MR) is 40.0 cm³/mol. The molecule has 0 aromatic rings. The molecule has 0 aliphatic carbocycles. The molecule has 0 aromatic carbocycles. The first-order valence-corrected chi connectivity index (χ1v) is 5.08. The van der Waals surface area contributed by atoms with E-state index in [0.29, 0.717) is 19.4 Å². The minimum absolute atomic E-state index is 0.0596. The summed E-state index contributed by atoms with van der Waals surface area (Å²) >= 11 is 0.